The maximum Gasteiger partial charge on any atom is 0.107 e. The van der Waals surface area contributed by atoms with E-state index in [0.29, 0.717) is 6.54 Å². The topological polar surface area (TPSA) is 42.2 Å². The van der Waals surface area contributed by atoms with Gasteiger partial charge in [-0.15, -0.1) is 0 Å². The molecule has 0 atom stereocenters. The summed E-state index contributed by atoms with van der Waals surface area (Å²) < 4.78 is 1.96. The molecule has 4 heteroatoms. The second kappa shape index (κ2) is 2.97. The molecule has 1 aliphatic heterocycles. The third-order valence-corrected chi connectivity index (χ3v) is 1.84. The standard InChI is InChI=1S/C8H12N4/c1-2-3-12-5-8-7(11-12)4-9-6-10-8/h5-6H,2-4H2,1H3,(H,9,10). The van der Waals surface area contributed by atoms with Crippen LogP contribution in [0.15, 0.2) is 11.2 Å². The van der Waals surface area contributed by atoms with Crippen LogP contribution in [0.2, 0.25) is 0 Å². The molecule has 0 aromatic carbocycles. The molecule has 2 rings (SSSR count). The van der Waals surface area contributed by atoms with Gasteiger partial charge in [0.1, 0.15) is 5.69 Å². The van der Waals surface area contributed by atoms with Crippen LogP contribution in [-0.2, 0) is 13.1 Å². The molecule has 2 heterocycles. The fourth-order valence-electron chi connectivity index (χ4n) is 1.29. The Morgan fingerprint density at radius 3 is 3.33 bits per heavy atom. The Balaban J connectivity index is 2.22. The number of anilines is 1. The van der Waals surface area contributed by atoms with Crippen LogP contribution < -0.4 is 5.32 Å². The monoisotopic (exact) mass is 164 g/mol. The Bertz CT molecular complexity index is 275. The van der Waals surface area contributed by atoms with Crippen LogP contribution in [0.1, 0.15) is 19.0 Å². The number of hydrogen-bond acceptors (Lipinski definition) is 3. The maximum atomic E-state index is 4.38. The van der Waals surface area contributed by atoms with Gasteiger partial charge in [-0.1, -0.05) is 6.92 Å². The first-order valence-corrected chi connectivity index (χ1v) is 4.21. The van der Waals surface area contributed by atoms with Crippen molar-refractivity contribution in [3.8, 4) is 0 Å². The lowest BCUT2D eigenvalue weighted by molar-refractivity contribution is 0.595. The summed E-state index contributed by atoms with van der Waals surface area (Å²) in [6, 6.07) is 0. The predicted octanol–water partition coefficient (Wildman–Crippen LogP) is 1.25. The summed E-state index contributed by atoms with van der Waals surface area (Å²) in [5, 5.41) is 7.45. The lowest BCUT2D eigenvalue weighted by Crippen LogP contribution is -2.02. The molecule has 0 fully saturated rings. The van der Waals surface area contributed by atoms with Crippen LogP contribution in [0.5, 0.6) is 0 Å². The van der Waals surface area contributed by atoms with Crippen molar-refractivity contribution >= 4 is 12.0 Å². The summed E-state index contributed by atoms with van der Waals surface area (Å²) in [4.78, 5) is 4.08. The molecule has 0 amide bonds. The van der Waals surface area contributed by atoms with Gasteiger partial charge in [-0.05, 0) is 6.42 Å². The Kier molecular flexibility index (Phi) is 1.81. The summed E-state index contributed by atoms with van der Waals surface area (Å²) >= 11 is 0. The van der Waals surface area contributed by atoms with Crippen LogP contribution in [0.3, 0.4) is 0 Å². The van der Waals surface area contributed by atoms with Crippen molar-refractivity contribution in [3.05, 3.63) is 11.9 Å². The summed E-state index contributed by atoms with van der Waals surface area (Å²) in [6.07, 6.45) is 4.87. The fourth-order valence-corrected chi connectivity index (χ4v) is 1.29. The summed E-state index contributed by atoms with van der Waals surface area (Å²) in [6.45, 7) is 3.83. The van der Waals surface area contributed by atoms with E-state index in [1.165, 1.54) is 0 Å². The van der Waals surface area contributed by atoms with Crippen molar-refractivity contribution in [2.75, 3.05) is 5.32 Å². The van der Waals surface area contributed by atoms with Gasteiger partial charge < -0.3 is 5.32 Å². The molecular weight excluding hydrogens is 152 g/mol. The largest absolute Gasteiger partial charge is 0.344 e. The Hall–Kier alpha value is -1.32. The van der Waals surface area contributed by atoms with Gasteiger partial charge in [0.2, 0.25) is 0 Å². The molecule has 0 radical (unpaired) electrons. The molecule has 0 aliphatic carbocycles. The van der Waals surface area contributed by atoms with Crippen molar-refractivity contribution < 1.29 is 0 Å². The van der Waals surface area contributed by atoms with Crippen LogP contribution >= 0.6 is 0 Å². The Morgan fingerprint density at radius 1 is 1.67 bits per heavy atom. The predicted molar refractivity (Wildman–Crippen MR) is 48.3 cm³/mol. The molecule has 1 N–H and O–H groups in total. The van der Waals surface area contributed by atoms with E-state index in [9.17, 15) is 0 Å². The van der Waals surface area contributed by atoms with Gasteiger partial charge >= 0.3 is 0 Å². The number of hydrogen-bond donors (Lipinski definition) is 1. The van der Waals surface area contributed by atoms with E-state index in [1.54, 1.807) is 6.34 Å². The SMILES string of the molecule is CCCn1cc2c(n1)CN=CN2. The van der Waals surface area contributed by atoms with E-state index in [4.69, 9.17) is 0 Å². The lowest BCUT2D eigenvalue weighted by atomic mass is 10.3. The maximum absolute atomic E-state index is 4.38. The first-order chi connectivity index (χ1) is 5.90. The second-order valence-electron chi connectivity index (χ2n) is 2.87. The molecule has 0 unspecified atom stereocenters. The lowest BCUT2D eigenvalue weighted by Gasteiger charge is -2.02. The van der Waals surface area contributed by atoms with E-state index >= 15 is 0 Å². The molecule has 12 heavy (non-hydrogen) atoms. The fraction of sp³-hybridized carbons (Fsp3) is 0.500. The first kappa shape index (κ1) is 7.34. The Morgan fingerprint density at radius 2 is 2.58 bits per heavy atom. The Labute approximate surface area is 71.3 Å². The zero-order valence-electron chi connectivity index (χ0n) is 7.12. The number of fused-ring (bicyclic) bond motifs is 1. The summed E-state index contributed by atoms with van der Waals surface area (Å²) in [5.74, 6) is 0. The molecule has 1 aromatic heterocycles. The zero-order valence-corrected chi connectivity index (χ0v) is 7.12. The number of aromatic nitrogens is 2. The van der Waals surface area contributed by atoms with E-state index < -0.39 is 0 Å². The van der Waals surface area contributed by atoms with E-state index in [1.807, 2.05) is 10.9 Å². The zero-order chi connectivity index (χ0) is 8.39. The van der Waals surface area contributed by atoms with Gasteiger partial charge in [0.15, 0.2) is 0 Å². The van der Waals surface area contributed by atoms with Crippen LogP contribution in [0, 0.1) is 0 Å². The van der Waals surface area contributed by atoms with Crippen LogP contribution in [0.25, 0.3) is 0 Å². The minimum Gasteiger partial charge on any atom is -0.344 e. The molecule has 4 nitrogen and oxygen atoms in total. The highest BCUT2D eigenvalue weighted by Crippen LogP contribution is 2.16. The molecule has 1 aromatic rings. The first-order valence-electron chi connectivity index (χ1n) is 4.21. The third kappa shape index (κ3) is 1.20. The molecule has 0 saturated carbocycles. The summed E-state index contributed by atoms with van der Waals surface area (Å²) in [7, 11) is 0. The molecule has 0 bridgehead atoms. The smallest absolute Gasteiger partial charge is 0.107 e. The molecule has 0 saturated heterocycles. The van der Waals surface area contributed by atoms with Gasteiger partial charge in [0, 0.05) is 12.7 Å². The molecule has 1 aliphatic rings. The van der Waals surface area contributed by atoms with E-state index in [0.717, 1.165) is 24.3 Å². The number of rotatable bonds is 2. The quantitative estimate of drug-likeness (QED) is 0.714. The van der Waals surface area contributed by atoms with Gasteiger partial charge in [0.05, 0.1) is 18.6 Å². The highest BCUT2D eigenvalue weighted by atomic mass is 15.3. The average molecular weight is 164 g/mol. The van der Waals surface area contributed by atoms with Gasteiger partial charge in [0.25, 0.3) is 0 Å². The number of nitrogens with zero attached hydrogens (tertiary/aromatic N) is 3. The van der Waals surface area contributed by atoms with Crippen molar-refractivity contribution in [1.29, 1.82) is 0 Å². The van der Waals surface area contributed by atoms with Crippen molar-refractivity contribution in [1.82, 2.24) is 9.78 Å². The summed E-state index contributed by atoms with van der Waals surface area (Å²) in [5.41, 5.74) is 2.14. The number of nitrogens with one attached hydrogen (secondary N) is 1. The normalized spacial score (nSPS) is 14.1. The third-order valence-electron chi connectivity index (χ3n) is 1.84. The molecular formula is C8H12N4. The molecule has 0 spiro atoms. The highest BCUT2D eigenvalue weighted by Gasteiger charge is 2.09. The van der Waals surface area contributed by atoms with Crippen LogP contribution in [0.4, 0.5) is 5.69 Å². The minimum atomic E-state index is 0.707. The highest BCUT2D eigenvalue weighted by molar-refractivity contribution is 5.78. The minimum absolute atomic E-state index is 0.707. The van der Waals surface area contributed by atoms with Crippen LogP contribution in [-0.4, -0.2) is 16.1 Å². The van der Waals surface area contributed by atoms with Crippen molar-refractivity contribution in [3.63, 3.8) is 0 Å². The second-order valence-corrected chi connectivity index (χ2v) is 2.87. The number of aliphatic imine (C=N–C) groups is 1. The van der Waals surface area contributed by atoms with E-state index in [2.05, 4.69) is 22.3 Å². The average Bonchev–Trinajstić information content (AvgIpc) is 2.47. The number of aryl methyl sites for hydroxylation is 1. The van der Waals surface area contributed by atoms with Gasteiger partial charge in [-0.3, -0.25) is 9.67 Å². The van der Waals surface area contributed by atoms with Crippen molar-refractivity contribution in [2.24, 2.45) is 4.99 Å². The molecule has 64 valence electrons. The van der Waals surface area contributed by atoms with Gasteiger partial charge in [-0.2, -0.15) is 5.10 Å². The van der Waals surface area contributed by atoms with Crippen molar-refractivity contribution in [2.45, 2.75) is 26.4 Å². The van der Waals surface area contributed by atoms with E-state index in [-0.39, 0.29) is 0 Å². The van der Waals surface area contributed by atoms with Gasteiger partial charge in [-0.25, -0.2) is 0 Å².